The van der Waals surface area contributed by atoms with Gasteiger partial charge in [-0.2, -0.15) is 16.7 Å². The second-order valence-corrected chi connectivity index (χ2v) is 6.64. The van der Waals surface area contributed by atoms with E-state index in [1.807, 2.05) is 43.5 Å². The second-order valence-electron chi connectivity index (χ2n) is 4.48. The molecule has 114 valence electrons. The maximum absolute atomic E-state index is 5.54. The van der Waals surface area contributed by atoms with Crippen LogP contribution in [0.4, 0.5) is 0 Å². The van der Waals surface area contributed by atoms with Gasteiger partial charge in [0.1, 0.15) is 0 Å². The summed E-state index contributed by atoms with van der Waals surface area (Å²) in [5.41, 5.74) is 0.926. The fourth-order valence-corrected chi connectivity index (χ4v) is 2.87. The van der Waals surface area contributed by atoms with E-state index in [0.29, 0.717) is 28.6 Å². The third kappa shape index (κ3) is 3.50. The van der Waals surface area contributed by atoms with Gasteiger partial charge in [0.2, 0.25) is 17.6 Å². The molecule has 0 aliphatic rings. The highest BCUT2D eigenvalue weighted by Crippen LogP contribution is 2.34. The van der Waals surface area contributed by atoms with Gasteiger partial charge in [-0.05, 0) is 13.2 Å². The smallest absolute Gasteiger partial charge is 0.277 e. The van der Waals surface area contributed by atoms with Gasteiger partial charge >= 0.3 is 0 Å². The number of aromatic nitrogens is 4. The van der Waals surface area contributed by atoms with Crippen molar-refractivity contribution in [3.63, 3.8) is 0 Å². The molecular formula is C14H14N4O2S2. The Kier molecular flexibility index (Phi) is 4.79. The summed E-state index contributed by atoms with van der Waals surface area (Å²) in [6, 6.07) is 9.72. The molecule has 0 aliphatic heterocycles. The van der Waals surface area contributed by atoms with E-state index in [9.17, 15) is 0 Å². The van der Waals surface area contributed by atoms with Crippen LogP contribution in [0.5, 0.6) is 0 Å². The van der Waals surface area contributed by atoms with Crippen molar-refractivity contribution < 1.29 is 8.94 Å². The van der Waals surface area contributed by atoms with Gasteiger partial charge in [-0.15, -0.1) is 10.2 Å². The van der Waals surface area contributed by atoms with Crippen LogP contribution in [0.3, 0.4) is 0 Å². The largest absolute Gasteiger partial charge is 0.415 e. The van der Waals surface area contributed by atoms with Gasteiger partial charge < -0.3 is 8.94 Å². The molecule has 0 fully saturated rings. The van der Waals surface area contributed by atoms with Gasteiger partial charge in [-0.3, -0.25) is 0 Å². The highest BCUT2D eigenvalue weighted by Gasteiger charge is 2.19. The summed E-state index contributed by atoms with van der Waals surface area (Å²) in [5, 5.41) is 12.5. The number of rotatable bonds is 6. The Morgan fingerprint density at radius 3 is 2.77 bits per heavy atom. The van der Waals surface area contributed by atoms with Crippen molar-refractivity contribution in [3.8, 4) is 11.4 Å². The number of hydrogen-bond donors (Lipinski definition) is 0. The Morgan fingerprint density at radius 2 is 2.00 bits per heavy atom. The Balaban J connectivity index is 1.70. The van der Waals surface area contributed by atoms with E-state index in [-0.39, 0.29) is 5.25 Å². The summed E-state index contributed by atoms with van der Waals surface area (Å²) >= 11 is 3.04. The highest BCUT2D eigenvalue weighted by atomic mass is 32.2. The zero-order valence-corrected chi connectivity index (χ0v) is 13.7. The molecule has 2 aromatic heterocycles. The van der Waals surface area contributed by atoms with E-state index in [4.69, 9.17) is 8.94 Å². The molecule has 1 unspecified atom stereocenters. The normalized spacial score (nSPS) is 12.5. The zero-order chi connectivity index (χ0) is 15.4. The van der Waals surface area contributed by atoms with Crippen LogP contribution in [0, 0.1) is 0 Å². The molecule has 0 bridgehead atoms. The van der Waals surface area contributed by atoms with Gasteiger partial charge in [0.15, 0.2) is 0 Å². The van der Waals surface area contributed by atoms with Crippen molar-refractivity contribution in [1.82, 2.24) is 20.3 Å². The predicted molar refractivity (Wildman–Crippen MR) is 85.5 cm³/mol. The van der Waals surface area contributed by atoms with Crippen molar-refractivity contribution in [3.05, 3.63) is 42.1 Å². The molecule has 0 saturated carbocycles. The molecule has 22 heavy (non-hydrogen) atoms. The first-order chi connectivity index (χ1) is 10.8. The van der Waals surface area contributed by atoms with Gasteiger partial charge in [0, 0.05) is 5.56 Å². The topological polar surface area (TPSA) is 77.8 Å². The van der Waals surface area contributed by atoms with Crippen LogP contribution in [0.1, 0.15) is 24.0 Å². The standard InChI is InChI=1S/C14H14N4O2S2/c1-9(22-14-17-16-11(19-14)8-21-2)13-15-12(18-20-13)10-6-4-3-5-7-10/h3-7,9H,8H2,1-2H3. The first-order valence-electron chi connectivity index (χ1n) is 6.63. The summed E-state index contributed by atoms with van der Waals surface area (Å²) in [5.74, 6) is 2.45. The Hall–Kier alpha value is -1.80. The van der Waals surface area contributed by atoms with Gasteiger partial charge in [0.25, 0.3) is 5.22 Å². The van der Waals surface area contributed by atoms with E-state index >= 15 is 0 Å². The summed E-state index contributed by atoms with van der Waals surface area (Å²) in [6.45, 7) is 1.96. The third-order valence-electron chi connectivity index (χ3n) is 2.82. The molecule has 1 aromatic carbocycles. The molecule has 3 rings (SSSR count). The molecule has 8 heteroatoms. The minimum absolute atomic E-state index is 0.0625. The van der Waals surface area contributed by atoms with E-state index in [2.05, 4.69) is 20.3 Å². The lowest BCUT2D eigenvalue weighted by Crippen LogP contribution is -1.89. The maximum atomic E-state index is 5.54. The molecule has 0 N–H and O–H groups in total. The van der Waals surface area contributed by atoms with Crippen molar-refractivity contribution in [2.24, 2.45) is 0 Å². The van der Waals surface area contributed by atoms with Crippen molar-refractivity contribution in [2.45, 2.75) is 23.1 Å². The first-order valence-corrected chi connectivity index (χ1v) is 8.90. The van der Waals surface area contributed by atoms with E-state index in [1.165, 1.54) is 11.8 Å². The van der Waals surface area contributed by atoms with E-state index in [1.54, 1.807) is 11.8 Å². The third-order valence-corrected chi connectivity index (χ3v) is 4.27. The van der Waals surface area contributed by atoms with Crippen molar-refractivity contribution in [2.75, 3.05) is 6.26 Å². The molecular weight excluding hydrogens is 320 g/mol. The van der Waals surface area contributed by atoms with Crippen LogP contribution in [0.2, 0.25) is 0 Å². The molecule has 0 amide bonds. The van der Waals surface area contributed by atoms with E-state index < -0.39 is 0 Å². The molecule has 3 aromatic rings. The monoisotopic (exact) mass is 334 g/mol. The molecule has 0 radical (unpaired) electrons. The van der Waals surface area contributed by atoms with Crippen LogP contribution in [0.25, 0.3) is 11.4 Å². The fourth-order valence-electron chi connectivity index (χ4n) is 1.77. The second kappa shape index (κ2) is 6.97. The van der Waals surface area contributed by atoms with E-state index in [0.717, 1.165) is 5.56 Å². The number of hydrogen-bond acceptors (Lipinski definition) is 8. The number of nitrogens with zero attached hydrogens (tertiary/aromatic N) is 4. The lowest BCUT2D eigenvalue weighted by Gasteiger charge is -2.00. The summed E-state index contributed by atoms with van der Waals surface area (Å²) in [6.07, 6.45) is 1.99. The highest BCUT2D eigenvalue weighted by molar-refractivity contribution is 7.99. The minimum Gasteiger partial charge on any atom is -0.415 e. The Morgan fingerprint density at radius 1 is 1.18 bits per heavy atom. The molecule has 2 heterocycles. The molecule has 0 spiro atoms. The average molecular weight is 334 g/mol. The summed E-state index contributed by atoms with van der Waals surface area (Å²) < 4.78 is 10.9. The van der Waals surface area contributed by atoms with Gasteiger partial charge in [-0.25, -0.2) is 0 Å². The van der Waals surface area contributed by atoms with Crippen LogP contribution in [-0.4, -0.2) is 26.6 Å². The SMILES string of the molecule is CSCc1nnc(SC(C)c2nc(-c3ccccc3)no2)o1. The molecule has 0 aliphatic carbocycles. The fraction of sp³-hybridized carbons (Fsp3) is 0.286. The van der Waals surface area contributed by atoms with Crippen LogP contribution in [-0.2, 0) is 5.75 Å². The maximum Gasteiger partial charge on any atom is 0.277 e. The van der Waals surface area contributed by atoms with Crippen molar-refractivity contribution >= 4 is 23.5 Å². The number of benzene rings is 1. The minimum atomic E-state index is -0.0625. The Bertz CT molecular complexity index is 729. The number of thioether (sulfide) groups is 2. The summed E-state index contributed by atoms with van der Waals surface area (Å²) in [4.78, 5) is 4.43. The lowest BCUT2D eigenvalue weighted by molar-refractivity contribution is 0.378. The summed E-state index contributed by atoms with van der Waals surface area (Å²) in [7, 11) is 0. The van der Waals surface area contributed by atoms with Crippen molar-refractivity contribution in [1.29, 1.82) is 0 Å². The van der Waals surface area contributed by atoms with Gasteiger partial charge in [-0.1, -0.05) is 47.3 Å². The molecule has 6 nitrogen and oxygen atoms in total. The predicted octanol–water partition coefficient (Wildman–Crippen LogP) is 3.84. The molecule has 1 atom stereocenters. The zero-order valence-electron chi connectivity index (χ0n) is 12.1. The average Bonchev–Trinajstić information content (AvgIpc) is 3.18. The first kappa shape index (κ1) is 15.1. The van der Waals surface area contributed by atoms with Crippen LogP contribution in [0.15, 0.2) is 44.5 Å². The van der Waals surface area contributed by atoms with Crippen LogP contribution >= 0.6 is 23.5 Å². The molecule has 0 saturated heterocycles. The van der Waals surface area contributed by atoms with Gasteiger partial charge in [0.05, 0.1) is 11.0 Å². The Labute approximate surface area is 136 Å². The quantitative estimate of drug-likeness (QED) is 0.629. The lowest BCUT2D eigenvalue weighted by atomic mass is 10.2. The van der Waals surface area contributed by atoms with Crippen LogP contribution < -0.4 is 0 Å².